The first-order chi connectivity index (χ1) is 12.0. The molecule has 0 saturated heterocycles. The summed E-state index contributed by atoms with van der Waals surface area (Å²) in [7, 11) is 0. The second kappa shape index (κ2) is 7.00. The van der Waals surface area contributed by atoms with Gasteiger partial charge in [0.1, 0.15) is 0 Å². The fourth-order valence-corrected chi connectivity index (χ4v) is 3.66. The van der Waals surface area contributed by atoms with Crippen LogP contribution in [-0.4, -0.2) is 4.98 Å². The van der Waals surface area contributed by atoms with Crippen molar-refractivity contribution in [3.8, 4) is 0 Å². The lowest BCUT2D eigenvalue weighted by atomic mass is 9.65. The fourth-order valence-electron chi connectivity index (χ4n) is 3.66. The van der Waals surface area contributed by atoms with Crippen molar-refractivity contribution in [1.29, 1.82) is 0 Å². The van der Waals surface area contributed by atoms with Crippen LogP contribution in [0.1, 0.15) is 63.8 Å². The number of benzene rings is 1. The summed E-state index contributed by atoms with van der Waals surface area (Å²) in [5.41, 5.74) is 6.48. The van der Waals surface area contributed by atoms with Crippen molar-refractivity contribution in [1.82, 2.24) is 4.98 Å². The lowest BCUT2D eigenvalue weighted by Crippen LogP contribution is -2.28. The molecule has 1 nitrogen and oxygen atoms in total. The van der Waals surface area contributed by atoms with Gasteiger partial charge in [-0.25, -0.2) is 0 Å². The van der Waals surface area contributed by atoms with Crippen molar-refractivity contribution >= 4 is 11.1 Å². The smallest absolute Gasteiger partial charge is 0.0667 e. The van der Waals surface area contributed by atoms with Crippen LogP contribution in [0.5, 0.6) is 0 Å². The van der Waals surface area contributed by atoms with Gasteiger partial charge in [0, 0.05) is 11.6 Å². The van der Waals surface area contributed by atoms with Crippen molar-refractivity contribution in [2.45, 2.75) is 47.0 Å². The van der Waals surface area contributed by atoms with Gasteiger partial charge in [-0.2, -0.15) is 0 Å². The highest BCUT2D eigenvalue weighted by Crippen LogP contribution is 2.49. The average molecular weight is 332 g/mol. The second-order valence-electron chi connectivity index (χ2n) is 7.74. The summed E-state index contributed by atoms with van der Waals surface area (Å²) in [5.74, 6) is 0.984. The fraction of sp³-hybridized carbons (Fsp3) is 0.375. The van der Waals surface area contributed by atoms with Gasteiger partial charge in [0.05, 0.1) is 5.69 Å². The van der Waals surface area contributed by atoms with Gasteiger partial charge in [-0.05, 0) is 52.7 Å². The maximum Gasteiger partial charge on any atom is 0.0667 e. The van der Waals surface area contributed by atoms with Crippen LogP contribution in [-0.2, 0) is 0 Å². The maximum absolute atomic E-state index is 4.83. The molecule has 2 unspecified atom stereocenters. The summed E-state index contributed by atoms with van der Waals surface area (Å²) in [6.45, 7) is 11.4. The number of aromatic nitrogens is 1. The van der Waals surface area contributed by atoms with Gasteiger partial charge >= 0.3 is 0 Å². The average Bonchev–Trinajstić information content (AvgIpc) is 2.64. The first-order valence-electron chi connectivity index (χ1n) is 9.41. The summed E-state index contributed by atoms with van der Waals surface area (Å²) in [6.07, 6.45) is 7.93. The molecule has 2 aromatic rings. The van der Waals surface area contributed by atoms with E-state index in [1.807, 2.05) is 6.20 Å². The Morgan fingerprint density at radius 1 is 1.08 bits per heavy atom. The molecule has 0 saturated carbocycles. The summed E-state index contributed by atoms with van der Waals surface area (Å²) in [5, 5.41) is 0. The molecule has 0 bridgehead atoms. The molecule has 0 aliphatic heterocycles. The molecule has 0 N–H and O–H groups in total. The number of rotatable bonds is 4. The van der Waals surface area contributed by atoms with E-state index in [9.17, 15) is 0 Å². The molecule has 1 aliphatic carbocycles. The minimum absolute atomic E-state index is 0.116. The third kappa shape index (κ3) is 3.33. The Hall–Kier alpha value is -2.15. The van der Waals surface area contributed by atoms with Gasteiger partial charge in [-0.15, -0.1) is 0 Å². The Labute approximate surface area is 152 Å². The van der Waals surface area contributed by atoms with E-state index >= 15 is 0 Å². The number of nitrogens with zero attached hydrogens (tertiary/aromatic N) is 1. The van der Waals surface area contributed by atoms with Crippen LogP contribution in [0.25, 0.3) is 11.1 Å². The second-order valence-corrected chi connectivity index (χ2v) is 7.74. The van der Waals surface area contributed by atoms with Crippen LogP contribution in [0.2, 0.25) is 0 Å². The largest absolute Gasteiger partial charge is 0.256 e. The van der Waals surface area contributed by atoms with E-state index in [-0.39, 0.29) is 5.41 Å². The van der Waals surface area contributed by atoms with E-state index in [4.69, 9.17) is 4.98 Å². The van der Waals surface area contributed by atoms with Gasteiger partial charge in [0.2, 0.25) is 0 Å². The summed E-state index contributed by atoms with van der Waals surface area (Å²) in [4.78, 5) is 4.83. The molecule has 1 aromatic heterocycles. The number of pyridine rings is 1. The Bertz CT molecular complexity index is 781. The van der Waals surface area contributed by atoms with Crippen molar-refractivity contribution in [3.05, 3.63) is 77.6 Å². The minimum atomic E-state index is 0.116. The number of hydrogen-bond acceptors (Lipinski definition) is 1. The summed E-state index contributed by atoms with van der Waals surface area (Å²) < 4.78 is 0. The van der Waals surface area contributed by atoms with Gasteiger partial charge in [-0.3, -0.25) is 4.98 Å². The SMILES string of the molecule is CCC1(C)C(c2ccc(C(C)C)cn2)=CC(c2ccccc2)=CC1C. The molecule has 0 radical (unpaired) electrons. The topological polar surface area (TPSA) is 12.9 Å². The Morgan fingerprint density at radius 2 is 1.80 bits per heavy atom. The molecule has 25 heavy (non-hydrogen) atoms. The molecule has 0 spiro atoms. The van der Waals surface area contributed by atoms with Crippen LogP contribution in [0.15, 0.2) is 60.8 Å². The van der Waals surface area contributed by atoms with Crippen LogP contribution in [0, 0.1) is 11.3 Å². The highest BCUT2D eigenvalue weighted by Gasteiger charge is 2.36. The van der Waals surface area contributed by atoms with E-state index in [2.05, 4.69) is 89.2 Å². The zero-order chi connectivity index (χ0) is 18.0. The van der Waals surface area contributed by atoms with Crippen molar-refractivity contribution < 1.29 is 0 Å². The zero-order valence-electron chi connectivity index (χ0n) is 16.1. The van der Waals surface area contributed by atoms with Gasteiger partial charge in [0.25, 0.3) is 0 Å². The molecule has 1 aliphatic rings. The molecule has 0 fully saturated rings. The monoisotopic (exact) mass is 331 g/mol. The molecule has 130 valence electrons. The third-order valence-electron chi connectivity index (χ3n) is 5.92. The minimum Gasteiger partial charge on any atom is -0.256 e. The normalized spacial score (nSPS) is 23.4. The van der Waals surface area contributed by atoms with E-state index in [1.54, 1.807) is 0 Å². The third-order valence-corrected chi connectivity index (χ3v) is 5.92. The summed E-state index contributed by atoms with van der Waals surface area (Å²) >= 11 is 0. The van der Waals surface area contributed by atoms with Gasteiger partial charge in [0.15, 0.2) is 0 Å². The first-order valence-corrected chi connectivity index (χ1v) is 9.41. The van der Waals surface area contributed by atoms with Crippen LogP contribution >= 0.6 is 0 Å². The molecule has 1 heteroatoms. The Balaban J connectivity index is 2.08. The molecule has 2 atom stereocenters. The lowest BCUT2D eigenvalue weighted by molar-refractivity contribution is 0.330. The Kier molecular flexibility index (Phi) is 4.94. The predicted molar refractivity (Wildman–Crippen MR) is 108 cm³/mol. The van der Waals surface area contributed by atoms with Crippen molar-refractivity contribution in [2.75, 3.05) is 0 Å². The summed E-state index contributed by atoms with van der Waals surface area (Å²) in [6, 6.07) is 15.1. The van der Waals surface area contributed by atoms with E-state index in [0.29, 0.717) is 11.8 Å². The molecule has 1 heterocycles. The molecular weight excluding hydrogens is 302 g/mol. The highest BCUT2D eigenvalue weighted by molar-refractivity contribution is 5.87. The van der Waals surface area contributed by atoms with Crippen LogP contribution < -0.4 is 0 Å². The molecule has 3 rings (SSSR count). The van der Waals surface area contributed by atoms with Gasteiger partial charge in [-0.1, -0.05) is 77.1 Å². The van der Waals surface area contributed by atoms with Crippen molar-refractivity contribution in [2.24, 2.45) is 11.3 Å². The highest BCUT2D eigenvalue weighted by atomic mass is 14.7. The van der Waals surface area contributed by atoms with Gasteiger partial charge < -0.3 is 0 Å². The van der Waals surface area contributed by atoms with E-state index in [1.165, 1.54) is 22.3 Å². The number of hydrogen-bond donors (Lipinski definition) is 0. The lowest BCUT2D eigenvalue weighted by Gasteiger charge is -2.39. The first kappa shape index (κ1) is 17.7. The zero-order valence-corrected chi connectivity index (χ0v) is 16.1. The molecule has 0 amide bonds. The van der Waals surface area contributed by atoms with E-state index in [0.717, 1.165) is 12.1 Å². The van der Waals surface area contributed by atoms with Crippen LogP contribution in [0.3, 0.4) is 0 Å². The number of allylic oxidation sites excluding steroid dienone is 4. The predicted octanol–water partition coefficient (Wildman–Crippen LogP) is 6.74. The maximum atomic E-state index is 4.83. The molecule has 1 aromatic carbocycles. The van der Waals surface area contributed by atoms with Crippen LogP contribution in [0.4, 0.5) is 0 Å². The van der Waals surface area contributed by atoms with E-state index < -0.39 is 0 Å². The standard InChI is InChI=1S/C24H29N/c1-6-24(5)18(4)14-21(19-10-8-7-9-11-19)15-22(24)23-13-12-20(16-25-23)17(2)3/h7-18H,6H2,1-5H3. The Morgan fingerprint density at radius 3 is 2.36 bits per heavy atom. The quantitative estimate of drug-likeness (QED) is 0.604. The van der Waals surface area contributed by atoms with Crippen molar-refractivity contribution in [3.63, 3.8) is 0 Å². The molecular formula is C24H29N.